The number of Topliss-reactive ketones (excluding diaryl/α,β-unsaturated/α-hetero) is 2. The molecule has 0 atom stereocenters. The number of methoxy groups -OCH3 is 2. The normalized spacial score (nSPS) is 11.5. The molecule has 0 aliphatic heterocycles. The predicted octanol–water partition coefficient (Wildman–Crippen LogP) is 3.47. The van der Waals surface area contributed by atoms with Crippen molar-refractivity contribution >= 4 is 35.7 Å². The predicted molar refractivity (Wildman–Crippen MR) is 147 cm³/mol. The summed E-state index contributed by atoms with van der Waals surface area (Å²) in [6.45, 7) is 3.74. The van der Waals surface area contributed by atoms with E-state index in [1.165, 1.54) is 40.2 Å². The van der Waals surface area contributed by atoms with Crippen LogP contribution in [0.25, 0.3) is 12.2 Å². The highest BCUT2D eigenvalue weighted by atomic mass is 16.6. The minimum absolute atomic E-state index is 0.0563. The summed E-state index contributed by atoms with van der Waals surface area (Å²) in [5, 5.41) is 0. The van der Waals surface area contributed by atoms with Crippen LogP contribution in [-0.4, -0.2) is 77.4 Å². The topological polar surface area (TPSA) is 124 Å². The maximum atomic E-state index is 12.1. The fourth-order valence-corrected chi connectivity index (χ4v) is 3.17. The van der Waals surface area contributed by atoms with E-state index in [1.807, 2.05) is 0 Å². The van der Waals surface area contributed by atoms with Gasteiger partial charge < -0.3 is 28.4 Å². The van der Waals surface area contributed by atoms with Crippen molar-refractivity contribution in [1.82, 2.24) is 0 Å². The Balaban J connectivity index is 1.87. The zero-order valence-electron chi connectivity index (χ0n) is 23.1. The van der Waals surface area contributed by atoms with Gasteiger partial charge in [-0.3, -0.25) is 9.59 Å². The number of carbonyl (C=O) groups excluding carboxylic acids is 4. The number of hydrogen-bond donors (Lipinski definition) is 0. The molecule has 0 saturated carbocycles. The van der Waals surface area contributed by atoms with Crippen molar-refractivity contribution in [2.75, 3.05) is 53.9 Å². The SMILES string of the molecule is COCCOC(=O)/C(=C\c1ccc(OCCOc2ccc(/C=C(/C(C)=O)C(=O)OCCOC)cc2)cc1)C(C)=O. The van der Waals surface area contributed by atoms with Gasteiger partial charge in [-0.15, -0.1) is 0 Å². The van der Waals surface area contributed by atoms with Crippen LogP contribution in [0.3, 0.4) is 0 Å². The molecule has 0 unspecified atom stereocenters. The smallest absolute Gasteiger partial charge is 0.341 e. The molecule has 0 N–H and O–H groups in total. The Labute approximate surface area is 233 Å². The summed E-state index contributed by atoms with van der Waals surface area (Å²) in [5.74, 6) is -1.03. The molecule has 2 aromatic rings. The number of rotatable bonds is 17. The van der Waals surface area contributed by atoms with E-state index in [4.69, 9.17) is 28.4 Å². The van der Waals surface area contributed by atoms with E-state index in [9.17, 15) is 19.2 Å². The highest BCUT2D eigenvalue weighted by molar-refractivity contribution is 6.20. The molecular formula is C30H34O10. The van der Waals surface area contributed by atoms with Crippen LogP contribution in [0.1, 0.15) is 25.0 Å². The number of ether oxygens (including phenoxy) is 6. The van der Waals surface area contributed by atoms with Crippen molar-refractivity contribution in [1.29, 1.82) is 0 Å². The molecule has 0 saturated heterocycles. The van der Waals surface area contributed by atoms with E-state index in [0.29, 0.717) is 22.6 Å². The quantitative estimate of drug-likeness (QED) is 0.0944. The summed E-state index contributed by atoms with van der Waals surface area (Å²) < 4.78 is 31.1. The Morgan fingerprint density at radius 2 is 0.900 bits per heavy atom. The first-order valence-electron chi connectivity index (χ1n) is 12.5. The Morgan fingerprint density at radius 1 is 0.550 bits per heavy atom. The average Bonchev–Trinajstić information content (AvgIpc) is 2.94. The molecule has 2 rings (SSSR count). The van der Waals surface area contributed by atoms with Crippen molar-refractivity contribution < 1.29 is 47.6 Å². The Kier molecular flexibility index (Phi) is 13.8. The van der Waals surface area contributed by atoms with Gasteiger partial charge in [-0.1, -0.05) is 24.3 Å². The fraction of sp³-hybridized carbons (Fsp3) is 0.333. The van der Waals surface area contributed by atoms with Gasteiger partial charge in [-0.05, 0) is 61.4 Å². The molecule has 10 nitrogen and oxygen atoms in total. The van der Waals surface area contributed by atoms with Gasteiger partial charge in [-0.2, -0.15) is 0 Å². The van der Waals surface area contributed by atoms with Crippen molar-refractivity contribution in [3.8, 4) is 11.5 Å². The molecule has 0 bridgehead atoms. The highest BCUT2D eigenvalue weighted by Crippen LogP contribution is 2.18. The van der Waals surface area contributed by atoms with Gasteiger partial charge in [0, 0.05) is 14.2 Å². The molecule has 0 aromatic heterocycles. The maximum absolute atomic E-state index is 12.1. The maximum Gasteiger partial charge on any atom is 0.341 e. The van der Waals surface area contributed by atoms with Crippen LogP contribution in [-0.2, 0) is 38.1 Å². The number of ketones is 2. The van der Waals surface area contributed by atoms with Crippen molar-refractivity contribution in [3.05, 3.63) is 70.8 Å². The second kappa shape index (κ2) is 17.3. The van der Waals surface area contributed by atoms with Gasteiger partial charge in [0.05, 0.1) is 13.2 Å². The highest BCUT2D eigenvalue weighted by Gasteiger charge is 2.17. The van der Waals surface area contributed by atoms with E-state index in [-0.39, 0.29) is 50.8 Å². The number of hydrogen-bond acceptors (Lipinski definition) is 10. The minimum Gasteiger partial charge on any atom is -0.490 e. The van der Waals surface area contributed by atoms with E-state index >= 15 is 0 Å². The molecule has 214 valence electrons. The molecule has 0 aliphatic rings. The van der Waals surface area contributed by atoms with Gasteiger partial charge in [0.2, 0.25) is 0 Å². The van der Waals surface area contributed by atoms with E-state index in [2.05, 4.69) is 0 Å². The van der Waals surface area contributed by atoms with Gasteiger partial charge in [0.1, 0.15) is 49.1 Å². The Bertz CT molecular complexity index is 1100. The van der Waals surface area contributed by atoms with Crippen molar-refractivity contribution in [2.24, 2.45) is 0 Å². The molecule has 0 fully saturated rings. The second-order valence-electron chi connectivity index (χ2n) is 8.32. The average molecular weight is 555 g/mol. The Hall–Kier alpha value is -4.28. The van der Waals surface area contributed by atoms with Gasteiger partial charge >= 0.3 is 11.9 Å². The summed E-state index contributed by atoms with van der Waals surface area (Å²) in [6, 6.07) is 13.7. The summed E-state index contributed by atoms with van der Waals surface area (Å²) in [4.78, 5) is 48.0. The molecule has 2 aromatic carbocycles. The van der Waals surface area contributed by atoms with Crippen molar-refractivity contribution in [3.63, 3.8) is 0 Å². The first kappa shape index (κ1) is 31.9. The monoisotopic (exact) mass is 554 g/mol. The third-order valence-corrected chi connectivity index (χ3v) is 5.24. The van der Waals surface area contributed by atoms with Gasteiger partial charge in [0.25, 0.3) is 0 Å². The van der Waals surface area contributed by atoms with Crippen LogP contribution in [0, 0.1) is 0 Å². The summed E-state index contributed by atoms with van der Waals surface area (Å²) in [6.07, 6.45) is 2.93. The lowest BCUT2D eigenvalue weighted by Gasteiger charge is -2.09. The number of carbonyl (C=O) groups is 4. The van der Waals surface area contributed by atoms with Crippen LogP contribution in [0.2, 0.25) is 0 Å². The zero-order chi connectivity index (χ0) is 29.3. The van der Waals surface area contributed by atoms with Crippen LogP contribution in [0.5, 0.6) is 11.5 Å². The Morgan fingerprint density at radius 3 is 1.20 bits per heavy atom. The molecule has 10 heteroatoms. The lowest BCUT2D eigenvalue weighted by atomic mass is 10.1. The number of esters is 2. The van der Waals surface area contributed by atoms with Crippen molar-refractivity contribution in [2.45, 2.75) is 13.8 Å². The molecule has 0 radical (unpaired) electrons. The lowest BCUT2D eigenvalue weighted by molar-refractivity contribution is -0.142. The second-order valence-corrected chi connectivity index (χ2v) is 8.32. The molecule has 0 aliphatic carbocycles. The zero-order valence-corrected chi connectivity index (χ0v) is 23.1. The first-order chi connectivity index (χ1) is 19.2. The van der Waals surface area contributed by atoms with Gasteiger partial charge in [0.15, 0.2) is 11.6 Å². The van der Waals surface area contributed by atoms with E-state index in [1.54, 1.807) is 48.5 Å². The molecular weight excluding hydrogens is 520 g/mol. The van der Waals surface area contributed by atoms with Crippen LogP contribution in [0.15, 0.2) is 59.7 Å². The summed E-state index contributed by atoms with van der Waals surface area (Å²) in [7, 11) is 2.98. The largest absolute Gasteiger partial charge is 0.490 e. The number of benzene rings is 2. The molecule has 0 spiro atoms. The van der Waals surface area contributed by atoms with Crippen LogP contribution in [0.4, 0.5) is 0 Å². The molecule has 40 heavy (non-hydrogen) atoms. The van der Waals surface area contributed by atoms with Gasteiger partial charge in [-0.25, -0.2) is 9.59 Å². The van der Waals surface area contributed by atoms with Crippen LogP contribution >= 0.6 is 0 Å². The summed E-state index contributed by atoms with van der Waals surface area (Å²) >= 11 is 0. The lowest BCUT2D eigenvalue weighted by Crippen LogP contribution is -2.16. The standard InChI is InChI=1S/C30H34O10/c1-21(31)27(29(33)39-15-13-35-3)19-23-5-9-25(10-6-23)37-17-18-38-26-11-7-24(8-12-26)20-28(22(2)32)30(34)40-16-14-36-4/h5-12,19-20H,13-18H2,1-4H3/b27-19-,28-20-. The third-order valence-electron chi connectivity index (χ3n) is 5.24. The molecule has 0 heterocycles. The molecule has 0 amide bonds. The first-order valence-corrected chi connectivity index (χ1v) is 12.5. The summed E-state index contributed by atoms with van der Waals surface area (Å²) in [5.41, 5.74) is 1.17. The van der Waals surface area contributed by atoms with Crippen LogP contribution < -0.4 is 9.47 Å². The fourth-order valence-electron chi connectivity index (χ4n) is 3.17. The minimum atomic E-state index is -0.703. The van der Waals surface area contributed by atoms with E-state index < -0.39 is 23.5 Å². The third kappa shape index (κ3) is 11.2. The van der Waals surface area contributed by atoms with E-state index in [0.717, 1.165) is 0 Å².